The summed E-state index contributed by atoms with van der Waals surface area (Å²) >= 11 is 0. The molecule has 2 aromatic heterocycles. The molecule has 0 aliphatic carbocycles. The van der Waals surface area contributed by atoms with Crippen molar-refractivity contribution in [3.05, 3.63) is 116 Å². The minimum atomic E-state index is -0.426. The summed E-state index contributed by atoms with van der Waals surface area (Å²) in [6.07, 6.45) is 0. The maximum atomic E-state index is 13.3. The van der Waals surface area contributed by atoms with Gasteiger partial charge in [-0.2, -0.15) is 0 Å². The largest absolute Gasteiger partial charge is 0.455 e. The van der Waals surface area contributed by atoms with Crippen LogP contribution in [0.1, 0.15) is 21.6 Å². The molecule has 0 saturated carbocycles. The molecule has 7 heteroatoms. The van der Waals surface area contributed by atoms with E-state index in [9.17, 15) is 14.4 Å². The average molecular weight is 463 g/mol. The Labute approximate surface area is 200 Å². The van der Waals surface area contributed by atoms with E-state index in [1.807, 2.05) is 30.3 Å². The van der Waals surface area contributed by atoms with Gasteiger partial charge in [0.2, 0.25) is 0 Å². The zero-order valence-electron chi connectivity index (χ0n) is 19.1. The number of fused-ring (bicyclic) bond motifs is 1. The van der Waals surface area contributed by atoms with Crippen LogP contribution in [0.2, 0.25) is 0 Å². The average Bonchev–Trinajstić information content (AvgIpc) is 2.86. The minimum absolute atomic E-state index is 0.184. The number of hydrogen-bond acceptors (Lipinski definition) is 5. The highest BCUT2D eigenvalue weighted by molar-refractivity contribution is 6.11. The van der Waals surface area contributed by atoms with E-state index in [4.69, 9.17) is 4.42 Å². The Morgan fingerprint density at radius 2 is 1.63 bits per heavy atom. The summed E-state index contributed by atoms with van der Waals surface area (Å²) in [5.74, 6) is 0.412. The van der Waals surface area contributed by atoms with Gasteiger partial charge in [-0.1, -0.05) is 48.5 Å². The molecule has 0 aliphatic rings. The number of amides is 1. The second-order valence-electron chi connectivity index (χ2n) is 8.20. The van der Waals surface area contributed by atoms with Crippen molar-refractivity contribution in [3.8, 4) is 22.7 Å². The highest BCUT2D eigenvalue weighted by atomic mass is 16.3. The van der Waals surface area contributed by atoms with Crippen LogP contribution in [-0.4, -0.2) is 15.9 Å². The second kappa shape index (κ2) is 8.87. The third kappa shape index (κ3) is 4.27. The lowest BCUT2D eigenvalue weighted by atomic mass is 10.0. The Hall–Kier alpha value is -4.78. The number of nitrogens with zero attached hydrogens (tertiary/aromatic N) is 1. The standard InChI is InChI=1S/C28H21N3O4/c1-16-14-23(32)31-27(29-16)19-10-6-11-20(15-19)30-28(34)22-13-7-12-21-24(33)17(2)25(35-26(21)22)18-8-4-3-5-9-18/h3-15H,1-2H3,(H,30,34)(H,29,31,32). The van der Waals surface area contributed by atoms with Crippen molar-refractivity contribution >= 4 is 22.6 Å². The molecule has 0 spiro atoms. The zero-order valence-corrected chi connectivity index (χ0v) is 19.1. The fraction of sp³-hybridized carbons (Fsp3) is 0.0714. The normalized spacial score (nSPS) is 10.9. The Kier molecular flexibility index (Phi) is 5.58. The molecule has 0 unspecified atom stereocenters. The third-order valence-electron chi connectivity index (χ3n) is 5.69. The van der Waals surface area contributed by atoms with Crippen LogP contribution in [0.25, 0.3) is 33.7 Å². The van der Waals surface area contributed by atoms with Crippen molar-refractivity contribution in [2.45, 2.75) is 13.8 Å². The van der Waals surface area contributed by atoms with Crippen LogP contribution in [0.15, 0.2) is 92.9 Å². The number of carbonyl (C=O) groups is 1. The lowest BCUT2D eigenvalue weighted by Gasteiger charge is -2.11. The predicted molar refractivity (Wildman–Crippen MR) is 136 cm³/mol. The van der Waals surface area contributed by atoms with E-state index in [0.29, 0.717) is 39.5 Å². The molecule has 1 amide bonds. The smallest absolute Gasteiger partial charge is 0.259 e. The van der Waals surface area contributed by atoms with E-state index in [1.165, 1.54) is 6.07 Å². The van der Waals surface area contributed by atoms with E-state index >= 15 is 0 Å². The first-order valence-electron chi connectivity index (χ1n) is 11.0. The molecule has 5 aromatic rings. The van der Waals surface area contributed by atoms with Gasteiger partial charge in [0.25, 0.3) is 11.5 Å². The van der Waals surface area contributed by atoms with Gasteiger partial charge in [0.15, 0.2) is 11.0 Å². The number of carbonyl (C=O) groups excluding carboxylic acids is 1. The van der Waals surface area contributed by atoms with Crippen molar-refractivity contribution < 1.29 is 9.21 Å². The molecular formula is C28H21N3O4. The van der Waals surface area contributed by atoms with Gasteiger partial charge in [0.05, 0.1) is 10.9 Å². The minimum Gasteiger partial charge on any atom is -0.455 e. The summed E-state index contributed by atoms with van der Waals surface area (Å²) in [5.41, 5.74) is 3.01. The highest BCUT2D eigenvalue weighted by Gasteiger charge is 2.18. The molecule has 0 saturated heterocycles. The van der Waals surface area contributed by atoms with Crippen molar-refractivity contribution in [3.63, 3.8) is 0 Å². The molecule has 35 heavy (non-hydrogen) atoms. The summed E-state index contributed by atoms with van der Waals surface area (Å²) in [7, 11) is 0. The molecule has 7 nitrogen and oxygen atoms in total. The Bertz CT molecular complexity index is 1700. The van der Waals surface area contributed by atoms with Gasteiger partial charge in [-0.3, -0.25) is 14.4 Å². The first-order valence-corrected chi connectivity index (χ1v) is 11.0. The number of aryl methyl sites for hydroxylation is 1. The number of para-hydroxylation sites is 1. The topological polar surface area (TPSA) is 105 Å². The lowest BCUT2D eigenvalue weighted by molar-refractivity contribution is 0.102. The van der Waals surface area contributed by atoms with Gasteiger partial charge in [-0.25, -0.2) is 4.98 Å². The molecular weight excluding hydrogens is 442 g/mol. The maximum Gasteiger partial charge on any atom is 0.259 e. The molecule has 172 valence electrons. The number of rotatable bonds is 4. The van der Waals surface area contributed by atoms with Crippen LogP contribution in [0.5, 0.6) is 0 Å². The van der Waals surface area contributed by atoms with Gasteiger partial charge in [-0.15, -0.1) is 0 Å². The van der Waals surface area contributed by atoms with E-state index in [1.54, 1.807) is 56.3 Å². The van der Waals surface area contributed by atoms with Gasteiger partial charge in [0.1, 0.15) is 11.6 Å². The monoisotopic (exact) mass is 463 g/mol. The molecule has 0 bridgehead atoms. The van der Waals surface area contributed by atoms with Gasteiger partial charge < -0.3 is 14.7 Å². The van der Waals surface area contributed by atoms with Crippen LogP contribution < -0.4 is 16.3 Å². The number of benzene rings is 3. The Morgan fingerprint density at radius 3 is 2.40 bits per heavy atom. The van der Waals surface area contributed by atoms with Crippen LogP contribution >= 0.6 is 0 Å². The molecule has 0 radical (unpaired) electrons. The van der Waals surface area contributed by atoms with Crippen molar-refractivity contribution in [1.29, 1.82) is 0 Å². The van der Waals surface area contributed by atoms with E-state index < -0.39 is 5.91 Å². The van der Waals surface area contributed by atoms with Gasteiger partial charge in [0, 0.05) is 34.1 Å². The summed E-state index contributed by atoms with van der Waals surface area (Å²) in [5, 5.41) is 3.20. The fourth-order valence-electron chi connectivity index (χ4n) is 4.01. The SMILES string of the molecule is Cc1cc(=O)[nH]c(-c2cccc(NC(=O)c3cccc4c(=O)c(C)c(-c5ccccc5)oc34)c2)n1. The number of aromatic nitrogens is 2. The molecule has 5 rings (SSSR count). The van der Waals surface area contributed by atoms with Crippen molar-refractivity contribution in [2.75, 3.05) is 5.32 Å². The van der Waals surface area contributed by atoms with Crippen molar-refractivity contribution in [1.82, 2.24) is 9.97 Å². The van der Waals surface area contributed by atoms with Gasteiger partial charge in [-0.05, 0) is 38.1 Å². The number of hydrogen-bond donors (Lipinski definition) is 2. The Balaban J connectivity index is 1.55. The van der Waals surface area contributed by atoms with Crippen molar-refractivity contribution in [2.24, 2.45) is 0 Å². The highest BCUT2D eigenvalue weighted by Crippen LogP contribution is 2.28. The lowest BCUT2D eigenvalue weighted by Crippen LogP contribution is -2.15. The van der Waals surface area contributed by atoms with E-state index in [2.05, 4.69) is 15.3 Å². The quantitative estimate of drug-likeness (QED) is 0.387. The van der Waals surface area contributed by atoms with Crippen LogP contribution in [0.4, 0.5) is 5.69 Å². The number of aromatic amines is 1. The summed E-state index contributed by atoms with van der Waals surface area (Å²) in [6.45, 7) is 3.46. The zero-order chi connectivity index (χ0) is 24.5. The maximum absolute atomic E-state index is 13.3. The molecule has 0 aliphatic heterocycles. The number of nitrogens with one attached hydrogen (secondary N) is 2. The fourth-order valence-corrected chi connectivity index (χ4v) is 4.01. The van der Waals surface area contributed by atoms with Crippen LogP contribution in [-0.2, 0) is 0 Å². The predicted octanol–water partition coefficient (Wildman–Crippen LogP) is 5.08. The second-order valence-corrected chi connectivity index (χ2v) is 8.20. The number of H-pyrrole nitrogens is 1. The third-order valence-corrected chi connectivity index (χ3v) is 5.69. The Morgan fingerprint density at radius 1 is 0.886 bits per heavy atom. The molecule has 2 N–H and O–H groups in total. The first kappa shape index (κ1) is 22.0. The summed E-state index contributed by atoms with van der Waals surface area (Å²) < 4.78 is 6.16. The molecule has 2 heterocycles. The summed E-state index contributed by atoms with van der Waals surface area (Å²) in [6, 6.07) is 22.7. The molecule has 0 atom stereocenters. The van der Waals surface area contributed by atoms with Crippen LogP contribution in [0, 0.1) is 13.8 Å². The van der Waals surface area contributed by atoms with Gasteiger partial charge >= 0.3 is 0 Å². The first-order chi connectivity index (χ1) is 16.9. The van der Waals surface area contributed by atoms with E-state index in [0.717, 1.165) is 5.56 Å². The van der Waals surface area contributed by atoms with Crippen LogP contribution in [0.3, 0.4) is 0 Å². The van der Waals surface area contributed by atoms with E-state index in [-0.39, 0.29) is 22.1 Å². The number of anilines is 1. The molecule has 0 fully saturated rings. The molecule has 3 aromatic carbocycles. The summed E-state index contributed by atoms with van der Waals surface area (Å²) in [4.78, 5) is 45.3.